The normalized spacial score (nSPS) is 22.5. The smallest absolute Gasteiger partial charge is 0.315 e. The average molecular weight is 409 g/mol. The number of hydrogen-bond donors (Lipinski definition) is 4. The third-order valence-corrected chi connectivity index (χ3v) is 6.54. The van der Waals surface area contributed by atoms with Gasteiger partial charge >= 0.3 is 6.03 Å². The van der Waals surface area contributed by atoms with Crippen LogP contribution < -0.4 is 21.3 Å². The van der Waals surface area contributed by atoms with Crippen molar-refractivity contribution in [3.63, 3.8) is 0 Å². The molecule has 2 saturated heterocycles. The standard InChI is InChI=1S/C20H32N4O3S/c1-2-3-12-21-17(25)10-5-4-8-13-22-18(26)11-7-6-9-16-19-15(14-28-16)23-20(27)24-19/h15-16,19H,4-14H2,1H3,(H,21,25)(H,22,26)(H2,23,24,27)/t15-,16-,19-/m1/s1. The first kappa shape index (κ1) is 22.4. The van der Waals surface area contributed by atoms with Crippen molar-refractivity contribution < 1.29 is 14.4 Å². The van der Waals surface area contributed by atoms with Gasteiger partial charge in [-0.15, -0.1) is 5.92 Å². The van der Waals surface area contributed by atoms with E-state index in [0.717, 1.165) is 44.3 Å². The minimum absolute atomic E-state index is 0.0338. The van der Waals surface area contributed by atoms with Crippen LogP contribution in [0.4, 0.5) is 4.79 Å². The molecular formula is C20H32N4O3S. The summed E-state index contributed by atoms with van der Waals surface area (Å²) in [4.78, 5) is 34.8. The molecule has 3 atom stereocenters. The molecule has 0 saturated carbocycles. The third-order valence-electron chi connectivity index (χ3n) is 5.03. The number of fused-ring (bicyclic) bond motifs is 1. The third kappa shape index (κ3) is 8.01. The first-order valence-electron chi connectivity index (χ1n) is 10.2. The zero-order valence-electron chi connectivity index (χ0n) is 16.6. The van der Waals surface area contributed by atoms with Gasteiger partial charge in [0.15, 0.2) is 0 Å². The summed E-state index contributed by atoms with van der Waals surface area (Å²) in [6.45, 7) is 2.83. The van der Waals surface area contributed by atoms with Gasteiger partial charge in [0.05, 0.1) is 18.6 Å². The molecule has 0 radical (unpaired) electrons. The number of rotatable bonds is 12. The lowest BCUT2D eigenvalue weighted by Crippen LogP contribution is -2.36. The number of carbonyl (C=O) groups is 3. The lowest BCUT2D eigenvalue weighted by molar-refractivity contribution is -0.122. The second-order valence-corrected chi connectivity index (χ2v) is 8.50. The molecule has 0 spiro atoms. The Labute approximate surface area is 171 Å². The summed E-state index contributed by atoms with van der Waals surface area (Å²) in [7, 11) is 0. The van der Waals surface area contributed by atoms with Crippen LogP contribution in [0.25, 0.3) is 0 Å². The molecule has 4 amide bonds. The van der Waals surface area contributed by atoms with Crippen molar-refractivity contribution in [2.75, 3.05) is 18.8 Å². The number of urea groups is 1. The Morgan fingerprint density at radius 2 is 1.82 bits per heavy atom. The highest BCUT2D eigenvalue weighted by molar-refractivity contribution is 8.00. The zero-order chi connectivity index (χ0) is 20.2. The summed E-state index contributed by atoms with van der Waals surface area (Å²) < 4.78 is 0. The number of hydrogen-bond acceptors (Lipinski definition) is 4. The summed E-state index contributed by atoms with van der Waals surface area (Å²) in [5, 5.41) is 12.1. The number of carbonyl (C=O) groups excluding carboxylic acids is 3. The Kier molecular flexibility index (Phi) is 10.0. The van der Waals surface area contributed by atoms with E-state index in [1.54, 1.807) is 6.92 Å². The lowest BCUT2D eigenvalue weighted by atomic mass is 10.0. The maximum absolute atomic E-state index is 11.9. The van der Waals surface area contributed by atoms with Gasteiger partial charge in [0.25, 0.3) is 0 Å². The molecule has 0 unspecified atom stereocenters. The zero-order valence-corrected chi connectivity index (χ0v) is 17.5. The van der Waals surface area contributed by atoms with Gasteiger partial charge in [-0.05, 0) is 32.6 Å². The molecule has 7 nitrogen and oxygen atoms in total. The van der Waals surface area contributed by atoms with Gasteiger partial charge in [-0.1, -0.05) is 18.8 Å². The fourth-order valence-electron chi connectivity index (χ4n) is 3.50. The maximum Gasteiger partial charge on any atom is 0.315 e. The fraction of sp³-hybridized carbons (Fsp3) is 0.750. The molecule has 2 fully saturated rings. The van der Waals surface area contributed by atoms with Crippen molar-refractivity contribution in [2.45, 2.75) is 75.6 Å². The van der Waals surface area contributed by atoms with Crippen LogP contribution in [-0.4, -0.2) is 54.0 Å². The number of thioether (sulfide) groups is 1. The van der Waals surface area contributed by atoms with Gasteiger partial charge in [0, 0.05) is 30.4 Å². The predicted octanol–water partition coefficient (Wildman–Crippen LogP) is 1.53. The average Bonchev–Trinajstić information content (AvgIpc) is 3.21. The molecule has 8 heteroatoms. The first-order chi connectivity index (χ1) is 13.6. The van der Waals surface area contributed by atoms with Crippen LogP contribution >= 0.6 is 11.8 Å². The molecule has 0 bridgehead atoms. The minimum atomic E-state index is -0.0499. The van der Waals surface area contributed by atoms with Crippen LogP contribution in [0.3, 0.4) is 0 Å². The van der Waals surface area contributed by atoms with E-state index in [1.165, 1.54) is 0 Å². The van der Waals surface area contributed by atoms with Gasteiger partial charge in [-0.25, -0.2) is 4.79 Å². The summed E-state index contributed by atoms with van der Waals surface area (Å²) in [6.07, 6.45) is 6.62. The van der Waals surface area contributed by atoms with Gasteiger partial charge in [-0.2, -0.15) is 11.8 Å². The molecule has 2 heterocycles. The highest BCUT2D eigenvalue weighted by Crippen LogP contribution is 2.33. The minimum Gasteiger partial charge on any atom is -0.356 e. The maximum atomic E-state index is 11.9. The van der Waals surface area contributed by atoms with Crippen LogP contribution in [-0.2, 0) is 9.59 Å². The van der Waals surface area contributed by atoms with E-state index < -0.39 is 0 Å². The van der Waals surface area contributed by atoms with Crippen molar-refractivity contribution in [1.82, 2.24) is 21.3 Å². The van der Waals surface area contributed by atoms with E-state index in [1.807, 2.05) is 11.8 Å². The van der Waals surface area contributed by atoms with Crippen LogP contribution in [0.1, 0.15) is 58.3 Å². The topological polar surface area (TPSA) is 99.3 Å². The largest absolute Gasteiger partial charge is 0.356 e. The second-order valence-electron chi connectivity index (χ2n) is 7.23. The summed E-state index contributed by atoms with van der Waals surface area (Å²) in [6, 6.07) is 0.459. The lowest BCUT2D eigenvalue weighted by Gasteiger charge is -2.16. The van der Waals surface area contributed by atoms with E-state index in [4.69, 9.17) is 0 Å². The molecule has 2 aliphatic heterocycles. The Hall–Kier alpha value is -1.88. The molecular weight excluding hydrogens is 376 g/mol. The Morgan fingerprint density at radius 1 is 1.07 bits per heavy atom. The van der Waals surface area contributed by atoms with E-state index in [9.17, 15) is 14.4 Å². The molecule has 156 valence electrons. The fourth-order valence-corrected chi connectivity index (χ4v) is 5.04. The number of unbranched alkanes of at least 4 members (excludes halogenated alkanes) is 3. The SMILES string of the molecule is CC#CCNC(=O)CCCCCNC(=O)CCCC[C@H]1SC[C@H]2NC(=O)N[C@H]21. The molecule has 0 aromatic heterocycles. The van der Waals surface area contributed by atoms with E-state index in [2.05, 4.69) is 33.1 Å². The highest BCUT2D eigenvalue weighted by atomic mass is 32.2. The molecule has 4 N–H and O–H groups in total. The molecule has 0 aromatic rings. The predicted molar refractivity (Wildman–Crippen MR) is 112 cm³/mol. The Morgan fingerprint density at radius 3 is 2.61 bits per heavy atom. The summed E-state index contributed by atoms with van der Waals surface area (Å²) in [5.41, 5.74) is 0. The molecule has 2 rings (SSSR count). The number of amides is 4. The van der Waals surface area contributed by atoms with Crippen molar-refractivity contribution in [2.24, 2.45) is 0 Å². The van der Waals surface area contributed by atoms with Crippen molar-refractivity contribution in [3.8, 4) is 11.8 Å². The van der Waals surface area contributed by atoms with Crippen LogP contribution in [0.2, 0.25) is 0 Å². The molecule has 2 aliphatic rings. The highest BCUT2D eigenvalue weighted by Gasteiger charge is 2.42. The van der Waals surface area contributed by atoms with Gasteiger partial charge < -0.3 is 21.3 Å². The van der Waals surface area contributed by atoms with Gasteiger partial charge in [0.2, 0.25) is 11.8 Å². The summed E-state index contributed by atoms with van der Waals surface area (Å²) >= 11 is 1.91. The van der Waals surface area contributed by atoms with Crippen LogP contribution in [0.15, 0.2) is 0 Å². The van der Waals surface area contributed by atoms with Crippen molar-refractivity contribution in [3.05, 3.63) is 0 Å². The summed E-state index contributed by atoms with van der Waals surface area (Å²) in [5.74, 6) is 6.65. The molecule has 0 aromatic carbocycles. The first-order valence-corrected chi connectivity index (χ1v) is 11.3. The van der Waals surface area contributed by atoms with E-state index >= 15 is 0 Å². The van der Waals surface area contributed by atoms with E-state index in [0.29, 0.717) is 31.2 Å². The van der Waals surface area contributed by atoms with Crippen LogP contribution in [0, 0.1) is 11.8 Å². The Bertz CT molecular complexity index is 602. The second kappa shape index (κ2) is 12.6. The van der Waals surface area contributed by atoms with Gasteiger partial charge in [-0.3, -0.25) is 9.59 Å². The van der Waals surface area contributed by atoms with Crippen LogP contribution in [0.5, 0.6) is 0 Å². The number of nitrogens with one attached hydrogen (secondary N) is 4. The van der Waals surface area contributed by atoms with E-state index in [-0.39, 0.29) is 29.9 Å². The molecule has 28 heavy (non-hydrogen) atoms. The van der Waals surface area contributed by atoms with Crippen molar-refractivity contribution >= 4 is 29.6 Å². The van der Waals surface area contributed by atoms with Gasteiger partial charge in [0.1, 0.15) is 0 Å². The quantitative estimate of drug-likeness (QED) is 0.224. The molecule has 0 aliphatic carbocycles. The monoisotopic (exact) mass is 408 g/mol. The van der Waals surface area contributed by atoms with Crippen molar-refractivity contribution in [1.29, 1.82) is 0 Å². The Balaban J connectivity index is 1.40.